The number of hydrogen-bond donors (Lipinski definition) is 3. The Morgan fingerprint density at radius 2 is 1.84 bits per heavy atom. The maximum absolute atomic E-state index is 11.4. The van der Waals surface area contributed by atoms with E-state index in [9.17, 15) is 14.4 Å². The molecule has 0 aliphatic carbocycles. The van der Waals surface area contributed by atoms with Gasteiger partial charge in [-0.3, -0.25) is 10.1 Å². The molecule has 0 aliphatic heterocycles. The fourth-order valence-electron chi connectivity index (χ4n) is 1.05. The minimum Gasteiger partial charge on any atom is -0.478 e. The number of urea groups is 1. The summed E-state index contributed by atoms with van der Waals surface area (Å²) in [7, 11) is 0. The second kappa shape index (κ2) is 6.77. The number of anilines is 1. The summed E-state index contributed by atoms with van der Waals surface area (Å²) in [5, 5.41) is 13.1. The molecule has 0 saturated carbocycles. The molecule has 3 amide bonds. The average molecular weight is 303 g/mol. The highest BCUT2D eigenvalue weighted by Crippen LogP contribution is 2.25. The molecule has 1 rings (SSSR count). The number of halogens is 2. The monoisotopic (exact) mass is 302 g/mol. The van der Waals surface area contributed by atoms with Crippen molar-refractivity contribution in [2.45, 2.75) is 0 Å². The van der Waals surface area contributed by atoms with E-state index < -0.39 is 17.9 Å². The SMILES string of the molecule is O=C(O)/C=C/C(=O)NC(=O)Nc1cc(Cl)ccc1Cl. The van der Waals surface area contributed by atoms with Gasteiger partial charge >= 0.3 is 12.0 Å². The molecule has 19 heavy (non-hydrogen) atoms. The second-order valence-electron chi connectivity index (χ2n) is 3.24. The highest BCUT2D eigenvalue weighted by atomic mass is 35.5. The Bertz CT molecular complexity index is 558. The van der Waals surface area contributed by atoms with Crippen LogP contribution < -0.4 is 10.6 Å². The number of nitrogens with one attached hydrogen (secondary N) is 2. The van der Waals surface area contributed by atoms with Crippen molar-refractivity contribution in [3.05, 3.63) is 40.4 Å². The number of amides is 3. The fourth-order valence-corrected chi connectivity index (χ4v) is 1.38. The van der Waals surface area contributed by atoms with Gasteiger partial charge in [-0.2, -0.15) is 0 Å². The van der Waals surface area contributed by atoms with Gasteiger partial charge in [-0.25, -0.2) is 9.59 Å². The lowest BCUT2D eigenvalue weighted by atomic mass is 10.3. The third kappa shape index (κ3) is 5.41. The summed E-state index contributed by atoms with van der Waals surface area (Å²) in [6.45, 7) is 0. The van der Waals surface area contributed by atoms with Crippen molar-refractivity contribution >= 4 is 46.8 Å². The van der Waals surface area contributed by atoms with E-state index in [2.05, 4.69) is 5.32 Å². The van der Waals surface area contributed by atoms with Gasteiger partial charge in [-0.1, -0.05) is 23.2 Å². The molecule has 0 heterocycles. The van der Waals surface area contributed by atoms with E-state index in [4.69, 9.17) is 28.3 Å². The Balaban J connectivity index is 2.63. The first-order valence-corrected chi connectivity index (χ1v) is 5.62. The molecule has 0 atom stereocenters. The summed E-state index contributed by atoms with van der Waals surface area (Å²) in [6.07, 6.45) is 1.32. The van der Waals surface area contributed by atoms with Gasteiger partial charge in [0.15, 0.2) is 0 Å². The number of carbonyl (C=O) groups is 3. The second-order valence-corrected chi connectivity index (χ2v) is 4.08. The van der Waals surface area contributed by atoms with E-state index in [1.807, 2.05) is 5.32 Å². The number of aliphatic carboxylic acids is 1. The topological polar surface area (TPSA) is 95.5 Å². The van der Waals surface area contributed by atoms with Gasteiger partial charge in [0.1, 0.15) is 0 Å². The van der Waals surface area contributed by atoms with Crippen LogP contribution in [0.1, 0.15) is 0 Å². The zero-order chi connectivity index (χ0) is 14.4. The van der Waals surface area contributed by atoms with Crippen LogP contribution in [0, 0.1) is 0 Å². The Labute approximate surface area is 118 Å². The van der Waals surface area contributed by atoms with Crippen molar-refractivity contribution in [1.82, 2.24) is 5.32 Å². The normalized spacial score (nSPS) is 10.2. The molecule has 100 valence electrons. The third-order valence-corrected chi connectivity index (χ3v) is 2.36. The molecule has 0 saturated heterocycles. The summed E-state index contributed by atoms with van der Waals surface area (Å²) in [6, 6.07) is 3.56. The molecule has 0 aliphatic rings. The highest BCUT2D eigenvalue weighted by molar-refractivity contribution is 6.35. The van der Waals surface area contributed by atoms with E-state index in [0.29, 0.717) is 17.2 Å². The van der Waals surface area contributed by atoms with Crippen LogP contribution in [0.4, 0.5) is 10.5 Å². The third-order valence-electron chi connectivity index (χ3n) is 1.79. The van der Waals surface area contributed by atoms with Crippen LogP contribution in [0.15, 0.2) is 30.4 Å². The lowest BCUT2D eigenvalue weighted by Crippen LogP contribution is -2.33. The van der Waals surface area contributed by atoms with Gasteiger partial charge in [0.05, 0.1) is 10.7 Å². The standard InChI is InChI=1S/C11H8Cl2N2O4/c12-6-1-2-7(13)8(5-6)14-11(19)15-9(16)3-4-10(17)18/h1-5H,(H,17,18)(H2,14,15,16,19)/b4-3+. The summed E-state index contributed by atoms with van der Waals surface area (Å²) in [5.74, 6) is -2.17. The lowest BCUT2D eigenvalue weighted by molar-refractivity contribution is -0.131. The zero-order valence-electron chi connectivity index (χ0n) is 9.31. The van der Waals surface area contributed by atoms with Crippen molar-refractivity contribution < 1.29 is 19.5 Å². The number of imide groups is 1. The van der Waals surface area contributed by atoms with Gasteiger partial charge in [0.2, 0.25) is 0 Å². The zero-order valence-corrected chi connectivity index (χ0v) is 10.8. The van der Waals surface area contributed by atoms with E-state index in [1.54, 1.807) is 0 Å². The molecule has 0 aromatic heterocycles. The van der Waals surface area contributed by atoms with Gasteiger partial charge in [-0.15, -0.1) is 0 Å². The molecule has 0 unspecified atom stereocenters. The molecule has 0 bridgehead atoms. The van der Waals surface area contributed by atoms with Crippen LogP contribution >= 0.6 is 23.2 Å². The number of carboxylic acids is 1. The molecule has 0 radical (unpaired) electrons. The predicted molar refractivity (Wildman–Crippen MR) is 70.4 cm³/mol. The van der Waals surface area contributed by atoms with E-state index >= 15 is 0 Å². The highest BCUT2D eigenvalue weighted by Gasteiger charge is 2.08. The number of rotatable bonds is 3. The minimum absolute atomic E-state index is 0.224. The molecule has 1 aromatic carbocycles. The molecular weight excluding hydrogens is 295 g/mol. The maximum atomic E-state index is 11.4. The van der Waals surface area contributed by atoms with Crippen LogP contribution in [-0.4, -0.2) is 23.0 Å². The number of carbonyl (C=O) groups excluding carboxylic acids is 2. The fraction of sp³-hybridized carbons (Fsp3) is 0. The summed E-state index contributed by atoms with van der Waals surface area (Å²) < 4.78 is 0. The minimum atomic E-state index is -1.30. The van der Waals surface area contributed by atoms with Crippen LogP contribution in [0.25, 0.3) is 0 Å². The maximum Gasteiger partial charge on any atom is 0.328 e. The largest absolute Gasteiger partial charge is 0.478 e. The molecule has 6 nitrogen and oxygen atoms in total. The van der Waals surface area contributed by atoms with E-state index in [-0.39, 0.29) is 10.7 Å². The first kappa shape index (κ1) is 15.0. The molecule has 1 aromatic rings. The van der Waals surface area contributed by atoms with Crippen molar-refractivity contribution in [2.24, 2.45) is 0 Å². The average Bonchev–Trinajstić information content (AvgIpc) is 2.31. The van der Waals surface area contributed by atoms with Crippen molar-refractivity contribution in [1.29, 1.82) is 0 Å². The van der Waals surface area contributed by atoms with Gasteiger partial charge in [0, 0.05) is 17.2 Å². The first-order chi connectivity index (χ1) is 8.88. The van der Waals surface area contributed by atoms with Crippen molar-refractivity contribution in [3.63, 3.8) is 0 Å². The molecular formula is C11H8Cl2N2O4. The summed E-state index contributed by atoms with van der Waals surface area (Å²) >= 11 is 11.5. The number of hydrogen-bond acceptors (Lipinski definition) is 3. The number of benzene rings is 1. The predicted octanol–water partition coefficient (Wildman–Crippen LogP) is 2.28. The van der Waals surface area contributed by atoms with Gasteiger partial charge < -0.3 is 10.4 Å². The van der Waals surface area contributed by atoms with E-state index in [1.165, 1.54) is 18.2 Å². The summed E-state index contributed by atoms with van der Waals surface area (Å²) in [4.78, 5) is 32.7. The van der Waals surface area contributed by atoms with Crippen LogP contribution in [-0.2, 0) is 9.59 Å². The Morgan fingerprint density at radius 1 is 1.16 bits per heavy atom. The first-order valence-electron chi connectivity index (χ1n) is 4.86. The van der Waals surface area contributed by atoms with Crippen LogP contribution in [0.5, 0.6) is 0 Å². The Morgan fingerprint density at radius 3 is 2.47 bits per heavy atom. The van der Waals surface area contributed by atoms with Crippen LogP contribution in [0.3, 0.4) is 0 Å². The van der Waals surface area contributed by atoms with Gasteiger partial charge in [-0.05, 0) is 18.2 Å². The quantitative estimate of drug-likeness (QED) is 0.746. The molecule has 0 fully saturated rings. The molecule has 8 heteroatoms. The smallest absolute Gasteiger partial charge is 0.328 e. The Hall–Kier alpha value is -2.05. The Kier molecular flexibility index (Phi) is 5.35. The van der Waals surface area contributed by atoms with Gasteiger partial charge in [0.25, 0.3) is 5.91 Å². The summed E-state index contributed by atoms with van der Waals surface area (Å²) in [5.41, 5.74) is 0.224. The lowest BCUT2D eigenvalue weighted by Gasteiger charge is -2.07. The van der Waals surface area contributed by atoms with E-state index in [0.717, 1.165) is 0 Å². The molecule has 0 spiro atoms. The molecule has 3 N–H and O–H groups in total. The van der Waals surface area contributed by atoms with Crippen LogP contribution in [0.2, 0.25) is 10.0 Å². The number of carboxylic acid groups (broad SMARTS) is 1. The van der Waals surface area contributed by atoms with Crippen molar-refractivity contribution in [2.75, 3.05) is 5.32 Å². The van der Waals surface area contributed by atoms with Crippen molar-refractivity contribution in [3.8, 4) is 0 Å².